The maximum Gasteiger partial charge on any atom is 0.301 e. The van der Waals surface area contributed by atoms with E-state index in [0.29, 0.717) is 29.5 Å². The van der Waals surface area contributed by atoms with E-state index < -0.39 is 21.8 Å². The molecule has 2 aliphatic rings. The number of nitriles is 1. The van der Waals surface area contributed by atoms with Gasteiger partial charge in [0, 0.05) is 19.2 Å². The molecule has 5 rings (SSSR count). The van der Waals surface area contributed by atoms with Crippen molar-refractivity contribution in [3.05, 3.63) is 57.9 Å². The van der Waals surface area contributed by atoms with Gasteiger partial charge in [-0.15, -0.1) is 0 Å². The summed E-state index contributed by atoms with van der Waals surface area (Å²) < 4.78 is 57.1. The van der Waals surface area contributed by atoms with Gasteiger partial charge in [0.05, 0.1) is 41.2 Å². The lowest BCUT2D eigenvalue weighted by Crippen LogP contribution is -2.41. The Morgan fingerprint density at radius 3 is 2.77 bits per heavy atom. The van der Waals surface area contributed by atoms with Crippen LogP contribution in [0.1, 0.15) is 43.4 Å². The molecule has 3 heterocycles. The van der Waals surface area contributed by atoms with Crippen molar-refractivity contribution in [2.45, 2.75) is 44.8 Å². The minimum Gasteiger partial charge on any atom is -0.452 e. The van der Waals surface area contributed by atoms with Gasteiger partial charge >= 0.3 is 10.2 Å². The highest BCUT2D eigenvalue weighted by molar-refractivity contribution is 7.90. The zero-order valence-corrected chi connectivity index (χ0v) is 23.3. The number of nitrogens with one attached hydrogen (secondary N) is 2. The first-order chi connectivity index (χ1) is 19.1. The number of halogens is 1. The number of hydrogen-bond acceptors (Lipinski definition) is 8. The molecule has 0 amide bonds. The summed E-state index contributed by atoms with van der Waals surface area (Å²) >= 11 is 0. The van der Waals surface area contributed by atoms with Gasteiger partial charge in [-0.1, -0.05) is 6.92 Å². The van der Waals surface area contributed by atoms with Crippen molar-refractivity contribution in [3.8, 4) is 17.6 Å². The largest absolute Gasteiger partial charge is 0.452 e. The van der Waals surface area contributed by atoms with Gasteiger partial charge in [-0.3, -0.25) is 14.1 Å². The van der Waals surface area contributed by atoms with Gasteiger partial charge in [0.1, 0.15) is 17.4 Å². The number of piperidine rings is 1. The van der Waals surface area contributed by atoms with E-state index in [0.717, 1.165) is 42.4 Å². The summed E-state index contributed by atoms with van der Waals surface area (Å²) in [4.78, 5) is 18.2. The Hall–Kier alpha value is -3.57. The maximum absolute atomic E-state index is 15.0. The quantitative estimate of drug-likeness (QED) is 0.442. The van der Waals surface area contributed by atoms with Gasteiger partial charge in [-0.05, 0) is 63.5 Å². The maximum atomic E-state index is 15.0. The smallest absolute Gasteiger partial charge is 0.301 e. The molecule has 0 saturated carbocycles. The predicted molar refractivity (Wildman–Crippen MR) is 147 cm³/mol. The summed E-state index contributed by atoms with van der Waals surface area (Å²) in [6.07, 6.45) is 4.01. The Balaban J connectivity index is 1.51. The molecular weight excluding hydrogens is 539 g/mol. The van der Waals surface area contributed by atoms with Crippen LogP contribution in [-0.4, -0.2) is 61.2 Å². The molecule has 0 aliphatic carbocycles. The van der Waals surface area contributed by atoms with E-state index in [1.165, 1.54) is 13.4 Å². The number of aromatic nitrogens is 2. The zero-order valence-electron chi connectivity index (χ0n) is 22.5. The first kappa shape index (κ1) is 28.0. The Morgan fingerprint density at radius 1 is 1.32 bits per heavy atom. The van der Waals surface area contributed by atoms with Gasteiger partial charge in [0.2, 0.25) is 0 Å². The third-order valence-electron chi connectivity index (χ3n) is 7.79. The van der Waals surface area contributed by atoms with Crippen molar-refractivity contribution in [1.29, 1.82) is 5.26 Å². The fraction of sp³-hybridized carbons (Fsp3) is 0.444. The van der Waals surface area contributed by atoms with Crippen LogP contribution in [0.15, 0.2) is 35.4 Å². The van der Waals surface area contributed by atoms with E-state index in [1.54, 1.807) is 30.5 Å². The molecule has 0 bridgehead atoms. The molecule has 2 saturated heterocycles. The number of fused-ring (bicyclic) bond motifs is 1. The second kappa shape index (κ2) is 10.8. The highest BCUT2D eigenvalue weighted by atomic mass is 32.2. The third-order valence-corrected chi connectivity index (χ3v) is 9.35. The highest BCUT2D eigenvalue weighted by Crippen LogP contribution is 2.39. The lowest BCUT2D eigenvalue weighted by molar-refractivity contribution is -0.0196. The molecule has 0 unspecified atom stereocenters. The molecule has 3 aromatic rings. The van der Waals surface area contributed by atoms with Gasteiger partial charge < -0.3 is 14.8 Å². The second-order valence-corrected chi connectivity index (χ2v) is 12.0. The number of aryl methyl sites for hydroxylation is 1. The fourth-order valence-electron chi connectivity index (χ4n) is 5.31. The molecule has 1 aromatic heterocycles. The summed E-state index contributed by atoms with van der Waals surface area (Å²) in [7, 11) is -2.60. The van der Waals surface area contributed by atoms with Crippen LogP contribution in [0, 0.1) is 24.1 Å². The molecular formula is C27H31FN6O5S. The molecule has 2 fully saturated rings. The SMILES string of the molecule is CCN(C)S(=O)(=O)Nc1ccc(F)c(Oc2ccc3ncn([C@H]4COC5(CCNCC5)C4)c(=O)c3c2C)c1C#N. The number of rotatable bonds is 7. The van der Waals surface area contributed by atoms with E-state index >= 15 is 0 Å². The Morgan fingerprint density at radius 2 is 2.08 bits per heavy atom. The molecule has 40 heavy (non-hydrogen) atoms. The molecule has 0 radical (unpaired) electrons. The summed E-state index contributed by atoms with van der Waals surface area (Å²) in [5.74, 6) is -1.17. The van der Waals surface area contributed by atoms with Gasteiger partial charge in [0.15, 0.2) is 11.6 Å². The van der Waals surface area contributed by atoms with E-state index in [2.05, 4.69) is 15.0 Å². The average molecular weight is 571 g/mol. The summed E-state index contributed by atoms with van der Waals surface area (Å²) in [6.45, 7) is 5.66. The standard InChI is InChI=1S/C27H31FN6O5S/c1-4-33(3)40(36,37)32-21-6-5-20(28)25(19(21)14-29)39-23-8-7-22-24(17(23)2)26(35)34(16-31-22)18-13-27(38-15-18)9-11-30-12-10-27/h5-8,16,18,30,32H,4,9-13,15H2,1-3H3/t18-/m1/s1. The molecule has 212 valence electrons. The normalized spacial score (nSPS) is 18.8. The van der Waals surface area contributed by atoms with Gasteiger partial charge in [-0.25, -0.2) is 9.37 Å². The minimum atomic E-state index is -3.98. The van der Waals surface area contributed by atoms with E-state index in [9.17, 15) is 22.9 Å². The molecule has 11 nitrogen and oxygen atoms in total. The van der Waals surface area contributed by atoms with Crippen molar-refractivity contribution in [3.63, 3.8) is 0 Å². The minimum absolute atomic E-state index is 0.130. The first-order valence-corrected chi connectivity index (χ1v) is 14.5. The van der Waals surface area contributed by atoms with Crippen molar-refractivity contribution < 1.29 is 22.3 Å². The predicted octanol–water partition coefficient (Wildman–Crippen LogP) is 3.20. The third kappa shape index (κ3) is 5.03. The van der Waals surface area contributed by atoms with Crippen LogP contribution in [0.5, 0.6) is 11.5 Å². The van der Waals surface area contributed by atoms with Crippen molar-refractivity contribution in [1.82, 2.24) is 19.2 Å². The van der Waals surface area contributed by atoms with Gasteiger partial charge in [-0.2, -0.15) is 18.0 Å². The highest BCUT2D eigenvalue weighted by Gasteiger charge is 2.42. The summed E-state index contributed by atoms with van der Waals surface area (Å²) in [5.41, 5.74) is -0.0981. The Bertz CT molecular complexity index is 1660. The average Bonchev–Trinajstić information content (AvgIpc) is 3.34. The van der Waals surface area contributed by atoms with Gasteiger partial charge in [0.25, 0.3) is 5.56 Å². The Kier molecular flexibility index (Phi) is 7.54. The van der Waals surface area contributed by atoms with Crippen LogP contribution >= 0.6 is 0 Å². The van der Waals surface area contributed by atoms with Crippen LogP contribution < -0.4 is 20.3 Å². The number of ether oxygens (including phenoxy) is 2. The number of nitrogens with zero attached hydrogens (tertiary/aromatic N) is 4. The molecule has 2 N–H and O–H groups in total. The summed E-state index contributed by atoms with van der Waals surface area (Å²) in [6, 6.07) is 6.99. The number of anilines is 1. The zero-order chi connectivity index (χ0) is 28.7. The van der Waals surface area contributed by atoms with Crippen molar-refractivity contribution in [2.75, 3.05) is 38.0 Å². The van der Waals surface area contributed by atoms with Crippen LogP contribution in [0.2, 0.25) is 0 Å². The molecule has 1 atom stereocenters. The van der Waals surface area contributed by atoms with E-state index in [4.69, 9.17) is 9.47 Å². The number of benzene rings is 2. The molecule has 2 aromatic carbocycles. The van der Waals surface area contributed by atoms with Crippen LogP contribution in [0.25, 0.3) is 10.9 Å². The van der Waals surface area contributed by atoms with Crippen LogP contribution in [-0.2, 0) is 14.9 Å². The van der Waals surface area contributed by atoms with Crippen molar-refractivity contribution in [2.24, 2.45) is 0 Å². The molecule has 13 heteroatoms. The first-order valence-electron chi connectivity index (χ1n) is 13.1. The number of hydrogen-bond donors (Lipinski definition) is 2. The van der Waals surface area contributed by atoms with E-state index in [-0.39, 0.29) is 40.7 Å². The van der Waals surface area contributed by atoms with Crippen LogP contribution in [0.4, 0.5) is 10.1 Å². The molecule has 2 aliphatic heterocycles. The summed E-state index contributed by atoms with van der Waals surface area (Å²) in [5, 5.41) is 13.5. The lowest BCUT2D eigenvalue weighted by Gasteiger charge is -2.32. The fourth-order valence-corrected chi connectivity index (χ4v) is 6.26. The topological polar surface area (TPSA) is 139 Å². The van der Waals surface area contributed by atoms with E-state index in [1.807, 2.05) is 6.07 Å². The van der Waals surface area contributed by atoms with Crippen molar-refractivity contribution >= 4 is 26.8 Å². The van der Waals surface area contributed by atoms with Crippen LogP contribution in [0.3, 0.4) is 0 Å². The second-order valence-electron chi connectivity index (χ2n) is 10.2. The monoisotopic (exact) mass is 570 g/mol. The molecule has 1 spiro atoms. The Labute approximate surface area is 231 Å². The lowest BCUT2D eigenvalue weighted by atomic mass is 9.88.